The zero-order valence-corrected chi connectivity index (χ0v) is 13.3. The molecule has 0 spiro atoms. The van der Waals surface area contributed by atoms with Gasteiger partial charge in [-0.25, -0.2) is 13.4 Å². The monoisotopic (exact) mass is 348 g/mol. The Bertz CT molecular complexity index is 873. The first-order valence-electron chi connectivity index (χ1n) is 6.79. The maximum Gasteiger partial charge on any atom is 0.307 e. The predicted octanol–water partition coefficient (Wildman–Crippen LogP) is 1.02. The quantitative estimate of drug-likeness (QED) is 0.452. The van der Waals surface area contributed by atoms with Crippen LogP contribution in [0.3, 0.4) is 0 Å². The van der Waals surface area contributed by atoms with Crippen molar-refractivity contribution >= 4 is 33.3 Å². The van der Waals surface area contributed by atoms with E-state index in [1.165, 1.54) is 36.4 Å². The third kappa shape index (κ3) is 4.71. The molecule has 8 nitrogen and oxygen atoms in total. The number of carboxylic acids is 1. The van der Waals surface area contributed by atoms with Crippen LogP contribution in [0.2, 0.25) is 0 Å². The summed E-state index contributed by atoms with van der Waals surface area (Å²) in [5.74, 6) is -1.12. The number of guanidine groups is 1. The van der Waals surface area contributed by atoms with E-state index in [1.807, 2.05) is 0 Å². The Morgan fingerprint density at radius 3 is 2.38 bits per heavy atom. The first-order valence-corrected chi connectivity index (χ1v) is 8.28. The first-order chi connectivity index (χ1) is 11.3. The molecule has 2 rings (SSSR count). The molecule has 126 valence electrons. The van der Waals surface area contributed by atoms with E-state index < -0.39 is 16.0 Å². The number of nitrogens with one attached hydrogen (secondary N) is 1. The molecule has 0 radical (unpaired) electrons. The topological polar surface area (TPSA) is 148 Å². The molecule has 0 atom stereocenters. The van der Waals surface area contributed by atoms with Crippen LogP contribution in [0.4, 0.5) is 11.4 Å². The lowest BCUT2D eigenvalue weighted by atomic mass is 10.1. The van der Waals surface area contributed by atoms with E-state index in [-0.39, 0.29) is 23.0 Å². The Hall–Kier alpha value is -3.07. The van der Waals surface area contributed by atoms with Crippen molar-refractivity contribution in [3.05, 3.63) is 54.1 Å². The number of aliphatic carboxylic acids is 1. The minimum Gasteiger partial charge on any atom is -0.481 e. The summed E-state index contributed by atoms with van der Waals surface area (Å²) in [5.41, 5.74) is 11.7. The maximum absolute atomic E-state index is 12.4. The molecule has 0 aliphatic heterocycles. The molecule has 24 heavy (non-hydrogen) atoms. The summed E-state index contributed by atoms with van der Waals surface area (Å²) in [6.45, 7) is 0. The molecule has 2 aromatic rings. The summed E-state index contributed by atoms with van der Waals surface area (Å²) in [6.07, 6.45) is -0.192. The average Bonchev–Trinajstić information content (AvgIpc) is 2.46. The molecule has 0 saturated heterocycles. The Labute approximate surface area is 138 Å². The Balaban J connectivity index is 2.22. The standard InChI is InChI=1S/C15H16N4O4S/c16-15(17)18-11-4-6-13(7-5-11)24(22,23)19-12-3-1-2-10(8-12)9-14(20)21/h1-8,19H,9H2,(H,20,21)(H4,16,17,18). The van der Waals surface area contributed by atoms with E-state index in [2.05, 4.69) is 9.71 Å². The number of sulfonamides is 1. The minimum atomic E-state index is -3.81. The van der Waals surface area contributed by atoms with Crippen molar-refractivity contribution in [2.75, 3.05) is 4.72 Å². The largest absolute Gasteiger partial charge is 0.481 e. The van der Waals surface area contributed by atoms with Crippen LogP contribution >= 0.6 is 0 Å². The van der Waals surface area contributed by atoms with Crippen molar-refractivity contribution in [1.82, 2.24) is 0 Å². The molecule has 0 fully saturated rings. The van der Waals surface area contributed by atoms with Crippen molar-refractivity contribution in [2.45, 2.75) is 11.3 Å². The van der Waals surface area contributed by atoms with E-state index in [4.69, 9.17) is 16.6 Å². The van der Waals surface area contributed by atoms with Gasteiger partial charge in [-0.3, -0.25) is 9.52 Å². The van der Waals surface area contributed by atoms with E-state index in [1.54, 1.807) is 12.1 Å². The second-order valence-corrected chi connectivity index (χ2v) is 6.59. The van der Waals surface area contributed by atoms with Gasteiger partial charge in [-0.05, 0) is 42.0 Å². The smallest absolute Gasteiger partial charge is 0.307 e. The molecule has 0 aliphatic carbocycles. The number of carbonyl (C=O) groups is 1. The number of hydrogen-bond acceptors (Lipinski definition) is 4. The number of nitrogens with zero attached hydrogens (tertiary/aromatic N) is 1. The van der Waals surface area contributed by atoms with Crippen LogP contribution in [-0.2, 0) is 21.2 Å². The number of nitrogens with two attached hydrogens (primary N) is 2. The molecule has 9 heteroatoms. The van der Waals surface area contributed by atoms with Crippen LogP contribution in [0.15, 0.2) is 58.4 Å². The van der Waals surface area contributed by atoms with Crippen LogP contribution in [-0.4, -0.2) is 25.5 Å². The number of carboxylic acid groups (broad SMARTS) is 1. The maximum atomic E-state index is 12.4. The molecule has 0 saturated carbocycles. The van der Waals surface area contributed by atoms with Crippen molar-refractivity contribution in [2.24, 2.45) is 16.5 Å². The van der Waals surface area contributed by atoms with Crippen LogP contribution < -0.4 is 16.2 Å². The minimum absolute atomic E-state index is 0.0284. The van der Waals surface area contributed by atoms with Crippen molar-refractivity contribution < 1.29 is 18.3 Å². The van der Waals surface area contributed by atoms with Crippen molar-refractivity contribution in [1.29, 1.82) is 0 Å². The van der Waals surface area contributed by atoms with Gasteiger partial charge in [0.05, 0.1) is 17.0 Å². The summed E-state index contributed by atoms with van der Waals surface area (Å²) in [5, 5.41) is 8.79. The van der Waals surface area contributed by atoms with Gasteiger partial charge in [0.15, 0.2) is 5.96 Å². The van der Waals surface area contributed by atoms with E-state index in [9.17, 15) is 13.2 Å². The normalized spacial score (nSPS) is 10.8. The van der Waals surface area contributed by atoms with E-state index in [0.29, 0.717) is 11.3 Å². The van der Waals surface area contributed by atoms with Gasteiger partial charge < -0.3 is 16.6 Å². The highest BCUT2D eigenvalue weighted by Crippen LogP contribution is 2.20. The Kier molecular flexibility index (Phi) is 5.05. The van der Waals surface area contributed by atoms with Crippen LogP contribution in [0.1, 0.15) is 5.56 Å². The molecule has 0 bridgehead atoms. The molecule has 2 aromatic carbocycles. The molecule has 0 aromatic heterocycles. The van der Waals surface area contributed by atoms with Crippen molar-refractivity contribution in [3.63, 3.8) is 0 Å². The van der Waals surface area contributed by atoms with Gasteiger partial charge in [0.25, 0.3) is 10.0 Å². The summed E-state index contributed by atoms with van der Waals surface area (Å²) < 4.78 is 27.1. The molecule has 6 N–H and O–H groups in total. The summed E-state index contributed by atoms with van der Waals surface area (Å²) in [4.78, 5) is 14.6. The molecule has 0 aliphatic rings. The van der Waals surface area contributed by atoms with Crippen LogP contribution in [0, 0.1) is 0 Å². The molecular formula is C15H16N4O4S. The molecule has 0 heterocycles. The molecule has 0 unspecified atom stereocenters. The number of benzene rings is 2. The van der Waals surface area contributed by atoms with Gasteiger partial charge in [-0.1, -0.05) is 12.1 Å². The van der Waals surface area contributed by atoms with Gasteiger partial charge in [-0.15, -0.1) is 0 Å². The zero-order chi connectivity index (χ0) is 17.7. The van der Waals surface area contributed by atoms with Gasteiger partial charge in [0.2, 0.25) is 0 Å². The zero-order valence-electron chi connectivity index (χ0n) is 12.5. The Morgan fingerprint density at radius 1 is 1.12 bits per heavy atom. The fourth-order valence-corrected chi connectivity index (χ4v) is 3.03. The number of aliphatic imine (C=N–C) groups is 1. The van der Waals surface area contributed by atoms with Gasteiger partial charge in [0, 0.05) is 5.69 Å². The molecule has 0 amide bonds. The molecular weight excluding hydrogens is 332 g/mol. The number of anilines is 1. The lowest BCUT2D eigenvalue weighted by Gasteiger charge is -2.09. The SMILES string of the molecule is NC(N)=Nc1ccc(S(=O)(=O)Nc2cccc(CC(=O)O)c2)cc1. The van der Waals surface area contributed by atoms with Gasteiger partial charge >= 0.3 is 5.97 Å². The fourth-order valence-electron chi connectivity index (χ4n) is 1.98. The average molecular weight is 348 g/mol. The van der Waals surface area contributed by atoms with Gasteiger partial charge in [-0.2, -0.15) is 0 Å². The Morgan fingerprint density at radius 2 is 1.79 bits per heavy atom. The summed E-state index contributed by atoms with van der Waals surface area (Å²) in [7, 11) is -3.81. The number of rotatable bonds is 6. The predicted molar refractivity (Wildman–Crippen MR) is 90.5 cm³/mol. The fraction of sp³-hybridized carbons (Fsp3) is 0.0667. The van der Waals surface area contributed by atoms with Crippen molar-refractivity contribution in [3.8, 4) is 0 Å². The highest BCUT2D eigenvalue weighted by molar-refractivity contribution is 7.92. The first kappa shape index (κ1) is 17.3. The van der Waals surface area contributed by atoms with Gasteiger partial charge in [0.1, 0.15) is 0 Å². The van der Waals surface area contributed by atoms with E-state index in [0.717, 1.165) is 0 Å². The second-order valence-electron chi connectivity index (χ2n) is 4.91. The third-order valence-electron chi connectivity index (χ3n) is 2.94. The second kappa shape index (κ2) is 7.01. The lowest BCUT2D eigenvalue weighted by molar-refractivity contribution is -0.136. The third-order valence-corrected chi connectivity index (χ3v) is 4.34. The highest BCUT2D eigenvalue weighted by atomic mass is 32.2. The van der Waals surface area contributed by atoms with E-state index >= 15 is 0 Å². The van der Waals surface area contributed by atoms with Crippen LogP contribution in [0.5, 0.6) is 0 Å². The summed E-state index contributed by atoms with van der Waals surface area (Å²) in [6, 6.07) is 11.9. The lowest BCUT2D eigenvalue weighted by Crippen LogP contribution is -2.21. The summed E-state index contributed by atoms with van der Waals surface area (Å²) >= 11 is 0. The number of hydrogen-bond donors (Lipinski definition) is 4. The highest BCUT2D eigenvalue weighted by Gasteiger charge is 2.14. The van der Waals surface area contributed by atoms with Crippen LogP contribution in [0.25, 0.3) is 0 Å².